The summed E-state index contributed by atoms with van der Waals surface area (Å²) in [5, 5.41) is 10.2. The van der Waals surface area contributed by atoms with Crippen molar-refractivity contribution < 1.29 is 4.79 Å². The van der Waals surface area contributed by atoms with Crippen molar-refractivity contribution in [1.29, 1.82) is 0 Å². The van der Waals surface area contributed by atoms with Crippen LogP contribution in [0.3, 0.4) is 0 Å². The molecule has 0 aromatic carbocycles. The Hall–Kier alpha value is -1.25. The summed E-state index contributed by atoms with van der Waals surface area (Å²) in [6, 6.07) is 2.02. The second kappa shape index (κ2) is 5.99. The first-order chi connectivity index (χ1) is 11.1. The lowest BCUT2D eigenvalue weighted by molar-refractivity contribution is -0.116. The van der Waals surface area contributed by atoms with Crippen LogP contribution in [-0.2, 0) is 4.79 Å². The number of halogens is 1. The monoisotopic (exact) mass is 367 g/mol. The Morgan fingerprint density at radius 1 is 1.30 bits per heavy atom. The maximum atomic E-state index is 11.8. The van der Waals surface area contributed by atoms with Gasteiger partial charge in [0.25, 0.3) is 0 Å². The second-order valence-electron chi connectivity index (χ2n) is 5.73. The average molecular weight is 368 g/mol. The van der Waals surface area contributed by atoms with Gasteiger partial charge in [-0.3, -0.25) is 9.69 Å². The first-order valence-corrected chi connectivity index (χ1v) is 9.47. The van der Waals surface area contributed by atoms with Crippen molar-refractivity contribution in [3.63, 3.8) is 0 Å². The van der Waals surface area contributed by atoms with Crippen molar-refractivity contribution in [3.8, 4) is 0 Å². The highest BCUT2D eigenvalue weighted by atomic mass is 35.5. The van der Waals surface area contributed by atoms with Gasteiger partial charge in [-0.1, -0.05) is 22.9 Å². The van der Waals surface area contributed by atoms with Gasteiger partial charge in [0.2, 0.25) is 11.0 Å². The molecule has 6 nitrogen and oxygen atoms in total. The molecule has 2 aromatic heterocycles. The number of rotatable bonds is 5. The number of aromatic nitrogens is 4. The van der Waals surface area contributed by atoms with Gasteiger partial charge in [0.15, 0.2) is 4.34 Å². The van der Waals surface area contributed by atoms with E-state index in [2.05, 4.69) is 20.2 Å². The summed E-state index contributed by atoms with van der Waals surface area (Å²) in [6.07, 6.45) is 4.33. The number of carbonyl (C=O) groups excluding carboxylic acids is 1. The average Bonchev–Trinajstić information content (AvgIpc) is 3.38. The Morgan fingerprint density at radius 2 is 2.09 bits per heavy atom. The number of nitrogens with zero attached hydrogens (tertiary/aromatic N) is 5. The molecular weight excluding hydrogens is 354 g/mol. The van der Waals surface area contributed by atoms with E-state index in [-0.39, 0.29) is 11.9 Å². The minimum Gasteiger partial charge on any atom is -0.284 e. The molecule has 120 valence electrons. The zero-order valence-electron chi connectivity index (χ0n) is 12.4. The molecule has 23 heavy (non-hydrogen) atoms. The van der Waals surface area contributed by atoms with Crippen LogP contribution in [0, 0.1) is 0 Å². The van der Waals surface area contributed by atoms with E-state index >= 15 is 0 Å². The van der Waals surface area contributed by atoms with Gasteiger partial charge in [0, 0.05) is 24.9 Å². The molecule has 0 saturated heterocycles. The summed E-state index contributed by atoms with van der Waals surface area (Å²) in [7, 11) is 0. The van der Waals surface area contributed by atoms with E-state index in [4.69, 9.17) is 11.6 Å². The third kappa shape index (κ3) is 3.49. The standard InChI is InChI=1S/C14H14ClN5OS2/c1-7(21)20(9-4-5-9)13-18-19-14(23-13)22-11-6-10(15)16-12(17-11)8-2-3-8/h6,8-9H,2-5H2,1H3. The van der Waals surface area contributed by atoms with Crippen LogP contribution >= 0.6 is 34.7 Å². The van der Waals surface area contributed by atoms with Crippen molar-refractivity contribution in [2.24, 2.45) is 0 Å². The maximum absolute atomic E-state index is 11.8. The van der Waals surface area contributed by atoms with Gasteiger partial charge in [-0.2, -0.15) is 0 Å². The van der Waals surface area contributed by atoms with Crippen LogP contribution in [0.2, 0.25) is 5.15 Å². The molecule has 2 heterocycles. The van der Waals surface area contributed by atoms with Gasteiger partial charge < -0.3 is 0 Å². The minimum atomic E-state index is 0.0151. The largest absolute Gasteiger partial charge is 0.284 e. The Morgan fingerprint density at radius 3 is 2.74 bits per heavy atom. The predicted molar refractivity (Wildman–Crippen MR) is 89.2 cm³/mol. The van der Waals surface area contributed by atoms with Crippen LogP contribution in [0.15, 0.2) is 15.4 Å². The number of hydrogen-bond donors (Lipinski definition) is 0. The van der Waals surface area contributed by atoms with E-state index in [9.17, 15) is 4.79 Å². The van der Waals surface area contributed by atoms with Crippen molar-refractivity contribution in [3.05, 3.63) is 17.0 Å². The fourth-order valence-electron chi connectivity index (χ4n) is 2.30. The van der Waals surface area contributed by atoms with E-state index in [1.54, 1.807) is 17.9 Å². The highest BCUT2D eigenvalue weighted by Gasteiger charge is 2.34. The lowest BCUT2D eigenvalue weighted by Crippen LogP contribution is -2.30. The SMILES string of the molecule is CC(=O)N(c1nnc(Sc2cc(Cl)nc(C3CC3)n2)s1)C1CC1. The number of carbonyl (C=O) groups is 1. The highest BCUT2D eigenvalue weighted by Crippen LogP contribution is 2.41. The molecule has 0 N–H and O–H groups in total. The van der Waals surface area contributed by atoms with Gasteiger partial charge in [0.1, 0.15) is 16.0 Å². The predicted octanol–water partition coefficient (Wildman–Crippen LogP) is 3.53. The molecule has 0 spiro atoms. The van der Waals surface area contributed by atoms with Crippen LogP contribution in [0.5, 0.6) is 0 Å². The molecule has 4 rings (SSSR count). The Labute approximate surface area is 146 Å². The molecule has 2 fully saturated rings. The molecule has 0 atom stereocenters. The third-order valence-corrected chi connectivity index (χ3v) is 5.76. The van der Waals surface area contributed by atoms with Crippen molar-refractivity contribution in [1.82, 2.24) is 20.2 Å². The van der Waals surface area contributed by atoms with Gasteiger partial charge >= 0.3 is 0 Å². The summed E-state index contributed by atoms with van der Waals surface area (Å²) in [6.45, 7) is 1.57. The number of hydrogen-bond acceptors (Lipinski definition) is 7. The van der Waals surface area contributed by atoms with E-state index in [1.807, 2.05) is 0 Å². The zero-order valence-corrected chi connectivity index (χ0v) is 14.8. The fourth-order valence-corrected chi connectivity index (χ4v) is 4.47. The number of amides is 1. The molecule has 1 amide bonds. The van der Waals surface area contributed by atoms with Gasteiger partial charge in [-0.05, 0) is 37.4 Å². The molecule has 2 aliphatic carbocycles. The first-order valence-electron chi connectivity index (χ1n) is 7.46. The van der Waals surface area contributed by atoms with Crippen molar-refractivity contribution in [2.45, 2.75) is 53.9 Å². The van der Waals surface area contributed by atoms with E-state index in [0.29, 0.717) is 16.2 Å². The summed E-state index contributed by atoms with van der Waals surface area (Å²) in [4.78, 5) is 22.4. The molecule has 0 aliphatic heterocycles. The molecule has 2 saturated carbocycles. The fraction of sp³-hybridized carbons (Fsp3) is 0.500. The Bertz CT molecular complexity index is 759. The van der Waals surface area contributed by atoms with E-state index < -0.39 is 0 Å². The Kier molecular flexibility index (Phi) is 3.98. The quantitative estimate of drug-likeness (QED) is 0.594. The van der Waals surface area contributed by atoms with Crippen LogP contribution in [0.1, 0.15) is 44.3 Å². The molecule has 0 radical (unpaired) electrons. The summed E-state index contributed by atoms with van der Waals surface area (Å²) < 4.78 is 0.753. The minimum absolute atomic E-state index is 0.0151. The van der Waals surface area contributed by atoms with Gasteiger partial charge in [-0.15, -0.1) is 10.2 Å². The third-order valence-electron chi connectivity index (χ3n) is 3.68. The molecule has 9 heteroatoms. The second-order valence-corrected chi connectivity index (χ2v) is 8.34. The lowest BCUT2D eigenvalue weighted by Gasteiger charge is -2.15. The lowest BCUT2D eigenvalue weighted by atomic mass is 10.4. The van der Waals surface area contributed by atoms with Crippen LogP contribution in [0.4, 0.5) is 5.13 Å². The van der Waals surface area contributed by atoms with Crippen LogP contribution in [0.25, 0.3) is 0 Å². The molecule has 2 aromatic rings. The highest BCUT2D eigenvalue weighted by molar-refractivity contribution is 8.01. The van der Waals surface area contributed by atoms with Gasteiger partial charge in [0.05, 0.1) is 0 Å². The first kappa shape index (κ1) is 15.3. The summed E-state index contributed by atoms with van der Waals surface area (Å²) >= 11 is 8.91. The van der Waals surface area contributed by atoms with E-state index in [0.717, 1.165) is 40.9 Å². The smallest absolute Gasteiger partial charge is 0.225 e. The Balaban J connectivity index is 1.54. The number of anilines is 1. The zero-order chi connectivity index (χ0) is 16.0. The molecule has 0 unspecified atom stereocenters. The molecule has 0 bridgehead atoms. The maximum Gasteiger partial charge on any atom is 0.225 e. The van der Waals surface area contributed by atoms with Crippen molar-refractivity contribution >= 4 is 45.7 Å². The molecule has 2 aliphatic rings. The van der Waals surface area contributed by atoms with Crippen molar-refractivity contribution in [2.75, 3.05) is 4.90 Å². The normalized spacial score (nSPS) is 17.3. The molecular formula is C14H14ClN5OS2. The van der Waals surface area contributed by atoms with Gasteiger partial charge in [-0.25, -0.2) is 9.97 Å². The van der Waals surface area contributed by atoms with E-state index in [1.165, 1.54) is 23.1 Å². The van der Waals surface area contributed by atoms with Crippen LogP contribution in [-0.4, -0.2) is 32.1 Å². The summed E-state index contributed by atoms with van der Waals surface area (Å²) in [5.41, 5.74) is 0. The topological polar surface area (TPSA) is 71.9 Å². The summed E-state index contributed by atoms with van der Waals surface area (Å²) in [5.74, 6) is 1.27. The van der Waals surface area contributed by atoms with Crippen LogP contribution < -0.4 is 4.90 Å².